The van der Waals surface area contributed by atoms with Crippen molar-refractivity contribution in [3.05, 3.63) is 24.3 Å². The summed E-state index contributed by atoms with van der Waals surface area (Å²) in [6, 6.07) is 7.53. The fourth-order valence-electron chi connectivity index (χ4n) is 2.41. The number of rotatable bonds is 7. The fourth-order valence-corrected chi connectivity index (χ4v) is 2.41. The highest BCUT2D eigenvalue weighted by Gasteiger charge is 2.17. The summed E-state index contributed by atoms with van der Waals surface area (Å²) in [6.07, 6.45) is 0.463. The third-order valence-corrected chi connectivity index (χ3v) is 3.97. The molecule has 1 heterocycles. The standard InChI is InChI=1S/C18H27N3O3/c1-13(2)8-11-24-14(3)18(23)20-15-4-6-16(7-5-15)21-10-9-19-17(22)12-21/h4-7,13-14H,8-12H2,1-3H3,(H,19,22)(H,20,23)/t14-/m0/s1. The van der Waals surface area contributed by atoms with Crippen LogP contribution >= 0.6 is 0 Å². The van der Waals surface area contributed by atoms with E-state index in [9.17, 15) is 9.59 Å². The number of anilines is 2. The first-order valence-corrected chi connectivity index (χ1v) is 8.50. The lowest BCUT2D eigenvalue weighted by atomic mass is 10.1. The zero-order valence-corrected chi connectivity index (χ0v) is 14.7. The van der Waals surface area contributed by atoms with Crippen LogP contribution in [-0.2, 0) is 14.3 Å². The number of hydrogen-bond donors (Lipinski definition) is 2. The van der Waals surface area contributed by atoms with Gasteiger partial charge in [0, 0.05) is 31.1 Å². The Morgan fingerprint density at radius 2 is 2.00 bits per heavy atom. The first-order valence-electron chi connectivity index (χ1n) is 8.50. The molecule has 132 valence electrons. The molecule has 6 nitrogen and oxygen atoms in total. The summed E-state index contributed by atoms with van der Waals surface area (Å²) in [5.41, 5.74) is 1.70. The maximum Gasteiger partial charge on any atom is 0.253 e. The molecule has 6 heteroatoms. The summed E-state index contributed by atoms with van der Waals surface area (Å²) in [6.45, 7) is 8.41. The fraction of sp³-hybridized carbons (Fsp3) is 0.556. The molecule has 24 heavy (non-hydrogen) atoms. The Kier molecular flexibility index (Phi) is 6.61. The topological polar surface area (TPSA) is 70.7 Å². The molecule has 1 fully saturated rings. The van der Waals surface area contributed by atoms with Gasteiger partial charge in [-0.2, -0.15) is 0 Å². The zero-order chi connectivity index (χ0) is 17.5. The molecule has 0 saturated carbocycles. The van der Waals surface area contributed by atoms with Crippen LogP contribution in [0.1, 0.15) is 27.2 Å². The first kappa shape index (κ1) is 18.3. The van der Waals surface area contributed by atoms with Gasteiger partial charge in [0.2, 0.25) is 5.91 Å². The van der Waals surface area contributed by atoms with Gasteiger partial charge in [-0.3, -0.25) is 9.59 Å². The molecule has 1 atom stereocenters. The highest BCUT2D eigenvalue weighted by Crippen LogP contribution is 2.19. The van der Waals surface area contributed by atoms with Crippen LogP contribution in [0.4, 0.5) is 11.4 Å². The smallest absolute Gasteiger partial charge is 0.253 e. The molecule has 0 radical (unpaired) electrons. The average Bonchev–Trinajstić information content (AvgIpc) is 2.55. The molecule has 1 aliphatic heterocycles. The number of piperazine rings is 1. The molecule has 0 unspecified atom stereocenters. The van der Waals surface area contributed by atoms with Gasteiger partial charge in [0.05, 0.1) is 6.54 Å². The van der Waals surface area contributed by atoms with Crippen LogP contribution in [0, 0.1) is 5.92 Å². The number of carbonyl (C=O) groups is 2. The number of ether oxygens (including phenoxy) is 1. The Morgan fingerprint density at radius 1 is 1.29 bits per heavy atom. The van der Waals surface area contributed by atoms with E-state index in [0.29, 0.717) is 25.6 Å². The van der Waals surface area contributed by atoms with Gasteiger partial charge < -0.3 is 20.3 Å². The van der Waals surface area contributed by atoms with Crippen molar-refractivity contribution in [2.75, 3.05) is 36.5 Å². The van der Waals surface area contributed by atoms with E-state index in [1.165, 1.54) is 0 Å². The van der Waals surface area contributed by atoms with Gasteiger partial charge >= 0.3 is 0 Å². The minimum atomic E-state index is -0.478. The normalized spacial score (nSPS) is 16.0. The van der Waals surface area contributed by atoms with Crippen LogP contribution in [0.3, 0.4) is 0 Å². The Hall–Kier alpha value is -2.08. The van der Waals surface area contributed by atoms with E-state index in [0.717, 1.165) is 24.3 Å². The Morgan fingerprint density at radius 3 is 2.62 bits per heavy atom. The summed E-state index contributed by atoms with van der Waals surface area (Å²) in [5.74, 6) is 0.444. The molecular formula is C18H27N3O3. The van der Waals surface area contributed by atoms with E-state index in [-0.39, 0.29) is 11.8 Å². The third kappa shape index (κ3) is 5.53. The molecule has 0 aliphatic carbocycles. The van der Waals surface area contributed by atoms with E-state index in [1.807, 2.05) is 29.2 Å². The molecule has 2 N–H and O–H groups in total. The lowest BCUT2D eigenvalue weighted by Gasteiger charge is -2.28. The molecule has 0 spiro atoms. The molecule has 2 amide bonds. The second-order valence-corrected chi connectivity index (χ2v) is 6.50. The summed E-state index contributed by atoms with van der Waals surface area (Å²) in [7, 11) is 0. The molecule has 1 aromatic rings. The number of carbonyl (C=O) groups excluding carboxylic acids is 2. The maximum absolute atomic E-state index is 12.1. The molecule has 0 bridgehead atoms. The van der Waals surface area contributed by atoms with Gasteiger partial charge in [0.1, 0.15) is 6.10 Å². The molecular weight excluding hydrogens is 306 g/mol. The largest absolute Gasteiger partial charge is 0.369 e. The quantitative estimate of drug-likeness (QED) is 0.801. The van der Waals surface area contributed by atoms with Gasteiger partial charge in [0.25, 0.3) is 5.91 Å². The predicted molar refractivity (Wildman–Crippen MR) is 95.2 cm³/mol. The Labute approximate surface area is 143 Å². The molecule has 1 aliphatic rings. The second kappa shape index (κ2) is 8.68. The molecule has 0 aromatic heterocycles. The van der Waals surface area contributed by atoms with Crippen molar-refractivity contribution in [1.82, 2.24) is 5.32 Å². The van der Waals surface area contributed by atoms with Gasteiger partial charge in [-0.1, -0.05) is 13.8 Å². The number of amides is 2. The second-order valence-electron chi connectivity index (χ2n) is 6.50. The van der Waals surface area contributed by atoms with Crippen LogP contribution in [0.25, 0.3) is 0 Å². The van der Waals surface area contributed by atoms with Crippen LogP contribution in [0.5, 0.6) is 0 Å². The van der Waals surface area contributed by atoms with Crippen molar-refractivity contribution in [3.8, 4) is 0 Å². The summed E-state index contributed by atoms with van der Waals surface area (Å²) >= 11 is 0. The van der Waals surface area contributed by atoms with E-state index in [4.69, 9.17) is 4.74 Å². The highest BCUT2D eigenvalue weighted by molar-refractivity contribution is 5.94. The summed E-state index contributed by atoms with van der Waals surface area (Å²) in [5, 5.41) is 5.66. The van der Waals surface area contributed by atoms with Gasteiger partial charge in [-0.05, 0) is 43.5 Å². The number of hydrogen-bond acceptors (Lipinski definition) is 4. The Bertz CT molecular complexity index is 557. The lowest BCUT2D eigenvalue weighted by molar-refractivity contribution is -0.126. The van der Waals surface area contributed by atoms with Gasteiger partial charge in [0.15, 0.2) is 0 Å². The van der Waals surface area contributed by atoms with E-state index in [1.54, 1.807) is 6.92 Å². The minimum absolute atomic E-state index is 0.0333. The zero-order valence-electron chi connectivity index (χ0n) is 14.7. The molecule has 2 rings (SSSR count). The van der Waals surface area contributed by atoms with Crippen LogP contribution in [-0.4, -0.2) is 44.2 Å². The van der Waals surface area contributed by atoms with Crippen molar-refractivity contribution in [1.29, 1.82) is 0 Å². The summed E-state index contributed by atoms with van der Waals surface area (Å²) in [4.78, 5) is 25.6. The van der Waals surface area contributed by atoms with Crippen LogP contribution in [0.15, 0.2) is 24.3 Å². The highest BCUT2D eigenvalue weighted by atomic mass is 16.5. The van der Waals surface area contributed by atoms with Crippen molar-refractivity contribution in [3.63, 3.8) is 0 Å². The number of benzene rings is 1. The SMILES string of the molecule is CC(C)CCO[C@@H](C)C(=O)Nc1ccc(N2CCNC(=O)C2)cc1. The Balaban J connectivity index is 1.84. The third-order valence-electron chi connectivity index (χ3n) is 3.97. The number of nitrogens with one attached hydrogen (secondary N) is 2. The van der Waals surface area contributed by atoms with Crippen LogP contribution < -0.4 is 15.5 Å². The van der Waals surface area contributed by atoms with E-state index >= 15 is 0 Å². The predicted octanol–water partition coefficient (Wildman–Crippen LogP) is 2.01. The summed E-state index contributed by atoms with van der Waals surface area (Å²) < 4.78 is 5.55. The van der Waals surface area contributed by atoms with Crippen molar-refractivity contribution in [2.45, 2.75) is 33.3 Å². The van der Waals surface area contributed by atoms with E-state index < -0.39 is 6.10 Å². The average molecular weight is 333 g/mol. The van der Waals surface area contributed by atoms with Gasteiger partial charge in [-0.15, -0.1) is 0 Å². The van der Waals surface area contributed by atoms with Gasteiger partial charge in [-0.25, -0.2) is 0 Å². The minimum Gasteiger partial charge on any atom is -0.369 e. The first-order chi connectivity index (χ1) is 11.5. The molecule has 1 aromatic carbocycles. The van der Waals surface area contributed by atoms with E-state index in [2.05, 4.69) is 24.5 Å². The number of nitrogens with zero attached hydrogens (tertiary/aromatic N) is 1. The monoisotopic (exact) mass is 333 g/mol. The van der Waals surface area contributed by atoms with Crippen molar-refractivity contribution >= 4 is 23.2 Å². The van der Waals surface area contributed by atoms with Crippen molar-refractivity contribution in [2.24, 2.45) is 5.92 Å². The molecule has 1 saturated heterocycles. The van der Waals surface area contributed by atoms with Crippen LogP contribution in [0.2, 0.25) is 0 Å². The van der Waals surface area contributed by atoms with Crippen molar-refractivity contribution < 1.29 is 14.3 Å². The maximum atomic E-state index is 12.1. The lowest BCUT2D eigenvalue weighted by Crippen LogP contribution is -2.47.